The molecule has 4 heteroatoms. The van der Waals surface area contributed by atoms with E-state index in [1.165, 1.54) is 0 Å². The lowest BCUT2D eigenvalue weighted by molar-refractivity contribution is -0.121. The summed E-state index contributed by atoms with van der Waals surface area (Å²) >= 11 is 3.48. The van der Waals surface area contributed by atoms with E-state index in [1.54, 1.807) is 0 Å². The molecule has 1 atom stereocenters. The molecule has 1 unspecified atom stereocenters. The Bertz CT molecular complexity index is 341. The normalized spacial score (nSPS) is 11.9. The zero-order valence-electron chi connectivity index (χ0n) is 10.7. The zero-order valence-corrected chi connectivity index (χ0v) is 12.3. The summed E-state index contributed by atoms with van der Waals surface area (Å²) in [6.07, 6.45) is 2.47. The maximum atomic E-state index is 11.5. The minimum atomic E-state index is 0.0492. The van der Waals surface area contributed by atoms with Gasteiger partial charge in [-0.25, -0.2) is 0 Å². The van der Waals surface area contributed by atoms with Crippen LogP contribution in [0.4, 0.5) is 0 Å². The van der Waals surface area contributed by atoms with Crippen molar-refractivity contribution in [3.05, 3.63) is 30.3 Å². The van der Waals surface area contributed by atoms with E-state index in [0.717, 1.165) is 25.1 Å². The number of carbonyl (C=O) groups is 1. The predicted molar refractivity (Wildman–Crippen MR) is 77.2 cm³/mol. The number of carbonyl (C=O) groups excluding carboxylic acids is 1. The molecular weight excluding hydrogens is 294 g/mol. The highest BCUT2D eigenvalue weighted by atomic mass is 79.9. The van der Waals surface area contributed by atoms with E-state index in [-0.39, 0.29) is 5.91 Å². The molecule has 0 aliphatic rings. The van der Waals surface area contributed by atoms with E-state index < -0.39 is 0 Å². The molecule has 0 aliphatic carbocycles. The molecule has 1 amide bonds. The van der Waals surface area contributed by atoms with E-state index in [0.29, 0.717) is 17.9 Å². The second kappa shape index (κ2) is 8.97. The van der Waals surface area contributed by atoms with Crippen LogP contribution < -0.4 is 10.1 Å². The molecule has 1 aromatic carbocycles. The summed E-state index contributed by atoms with van der Waals surface area (Å²) in [5.41, 5.74) is 0. The van der Waals surface area contributed by atoms with Gasteiger partial charge in [0, 0.05) is 11.4 Å². The van der Waals surface area contributed by atoms with Gasteiger partial charge in [0.05, 0.1) is 13.0 Å². The smallest absolute Gasteiger partial charge is 0.223 e. The van der Waals surface area contributed by atoms with Gasteiger partial charge in [-0.1, -0.05) is 41.1 Å². The van der Waals surface area contributed by atoms with Crippen LogP contribution in [0.3, 0.4) is 0 Å². The van der Waals surface area contributed by atoms with Crippen LogP contribution in [0.1, 0.15) is 26.2 Å². The van der Waals surface area contributed by atoms with Crippen molar-refractivity contribution in [1.82, 2.24) is 5.32 Å². The van der Waals surface area contributed by atoms with Crippen LogP contribution >= 0.6 is 15.9 Å². The van der Waals surface area contributed by atoms with Crippen molar-refractivity contribution >= 4 is 21.8 Å². The second-order valence-electron chi connectivity index (χ2n) is 4.18. The van der Waals surface area contributed by atoms with Gasteiger partial charge in [0.2, 0.25) is 5.91 Å². The molecule has 0 saturated heterocycles. The third kappa shape index (κ3) is 7.33. The quantitative estimate of drug-likeness (QED) is 0.591. The lowest BCUT2D eigenvalue weighted by Crippen LogP contribution is -2.26. The number of hydrogen-bond donors (Lipinski definition) is 1. The highest BCUT2D eigenvalue weighted by Gasteiger charge is 2.02. The van der Waals surface area contributed by atoms with Crippen molar-refractivity contribution in [2.75, 3.05) is 13.2 Å². The van der Waals surface area contributed by atoms with Gasteiger partial charge in [-0.15, -0.1) is 0 Å². The van der Waals surface area contributed by atoms with Crippen molar-refractivity contribution in [2.24, 2.45) is 0 Å². The molecule has 18 heavy (non-hydrogen) atoms. The SMILES string of the molecule is CC(Br)CCCNC(=O)CCOc1ccccc1. The van der Waals surface area contributed by atoms with E-state index in [1.807, 2.05) is 30.3 Å². The Hall–Kier alpha value is -1.03. The fourth-order valence-corrected chi connectivity index (χ4v) is 1.80. The molecule has 100 valence electrons. The first-order valence-electron chi connectivity index (χ1n) is 6.27. The third-order valence-electron chi connectivity index (χ3n) is 2.44. The molecule has 0 spiro atoms. The topological polar surface area (TPSA) is 38.3 Å². The Morgan fingerprint density at radius 1 is 1.39 bits per heavy atom. The maximum absolute atomic E-state index is 11.5. The summed E-state index contributed by atoms with van der Waals surface area (Å²) in [6, 6.07) is 9.53. The minimum Gasteiger partial charge on any atom is -0.493 e. The zero-order chi connectivity index (χ0) is 13.2. The molecule has 1 aromatic rings. The van der Waals surface area contributed by atoms with Crippen LogP contribution in [0.5, 0.6) is 5.75 Å². The lowest BCUT2D eigenvalue weighted by atomic mass is 10.2. The lowest BCUT2D eigenvalue weighted by Gasteiger charge is -2.07. The summed E-state index contributed by atoms with van der Waals surface area (Å²) in [5.74, 6) is 0.853. The number of amides is 1. The summed E-state index contributed by atoms with van der Waals surface area (Å²) in [7, 11) is 0. The van der Waals surface area contributed by atoms with E-state index in [2.05, 4.69) is 28.2 Å². The molecule has 0 bridgehead atoms. The largest absolute Gasteiger partial charge is 0.493 e. The third-order valence-corrected chi connectivity index (χ3v) is 2.90. The molecule has 3 nitrogen and oxygen atoms in total. The van der Waals surface area contributed by atoms with Gasteiger partial charge in [0.25, 0.3) is 0 Å². The van der Waals surface area contributed by atoms with Crippen LogP contribution in [0.2, 0.25) is 0 Å². The molecule has 0 saturated carbocycles. The highest BCUT2D eigenvalue weighted by molar-refractivity contribution is 9.09. The number of para-hydroxylation sites is 1. The van der Waals surface area contributed by atoms with Gasteiger partial charge >= 0.3 is 0 Å². The van der Waals surface area contributed by atoms with E-state index >= 15 is 0 Å². The first kappa shape index (κ1) is 15.0. The van der Waals surface area contributed by atoms with Crippen LogP contribution in [0.15, 0.2) is 30.3 Å². The Balaban J connectivity index is 2.03. The molecule has 0 radical (unpaired) electrons. The number of benzene rings is 1. The first-order valence-corrected chi connectivity index (χ1v) is 7.18. The molecule has 0 aliphatic heterocycles. The Morgan fingerprint density at radius 3 is 2.78 bits per heavy atom. The predicted octanol–water partition coefficient (Wildman–Crippen LogP) is 3.14. The number of ether oxygens (including phenoxy) is 1. The van der Waals surface area contributed by atoms with Gasteiger partial charge in [-0.3, -0.25) is 4.79 Å². The fraction of sp³-hybridized carbons (Fsp3) is 0.500. The van der Waals surface area contributed by atoms with Crippen LogP contribution in [-0.4, -0.2) is 23.9 Å². The summed E-state index contributed by atoms with van der Waals surface area (Å²) in [6.45, 7) is 3.26. The molecule has 1 rings (SSSR count). The average molecular weight is 314 g/mol. The van der Waals surface area contributed by atoms with Crippen molar-refractivity contribution in [1.29, 1.82) is 0 Å². The Kier molecular flexibility index (Phi) is 7.49. The van der Waals surface area contributed by atoms with E-state index in [9.17, 15) is 4.79 Å². The summed E-state index contributed by atoms with van der Waals surface area (Å²) in [4.78, 5) is 12.0. The number of halogens is 1. The van der Waals surface area contributed by atoms with Crippen LogP contribution in [0, 0.1) is 0 Å². The van der Waals surface area contributed by atoms with Crippen LogP contribution in [-0.2, 0) is 4.79 Å². The second-order valence-corrected chi connectivity index (χ2v) is 5.75. The van der Waals surface area contributed by atoms with E-state index in [4.69, 9.17) is 4.74 Å². The van der Waals surface area contributed by atoms with Crippen molar-refractivity contribution in [3.8, 4) is 5.75 Å². The fourth-order valence-electron chi connectivity index (χ4n) is 1.48. The summed E-state index contributed by atoms with van der Waals surface area (Å²) < 4.78 is 5.45. The van der Waals surface area contributed by atoms with Gasteiger partial charge in [-0.05, 0) is 25.0 Å². The Morgan fingerprint density at radius 2 is 2.11 bits per heavy atom. The summed E-state index contributed by atoms with van der Waals surface area (Å²) in [5, 5.41) is 2.88. The molecular formula is C14H20BrNO2. The molecule has 0 heterocycles. The van der Waals surface area contributed by atoms with Crippen molar-refractivity contribution < 1.29 is 9.53 Å². The van der Waals surface area contributed by atoms with Gasteiger partial charge in [0.15, 0.2) is 0 Å². The molecule has 1 N–H and O–H groups in total. The molecule has 0 aromatic heterocycles. The van der Waals surface area contributed by atoms with Crippen molar-refractivity contribution in [2.45, 2.75) is 31.0 Å². The van der Waals surface area contributed by atoms with Gasteiger partial charge < -0.3 is 10.1 Å². The average Bonchev–Trinajstić information content (AvgIpc) is 2.36. The molecule has 0 fully saturated rings. The number of alkyl halides is 1. The standard InChI is InChI=1S/C14H20BrNO2/c1-12(15)6-5-10-16-14(17)9-11-18-13-7-3-2-4-8-13/h2-4,7-8,12H,5-6,9-11H2,1H3,(H,16,17). The monoisotopic (exact) mass is 313 g/mol. The minimum absolute atomic E-state index is 0.0492. The number of rotatable bonds is 8. The van der Waals surface area contributed by atoms with Gasteiger partial charge in [-0.2, -0.15) is 0 Å². The highest BCUT2D eigenvalue weighted by Crippen LogP contribution is 2.08. The Labute approximate surface area is 117 Å². The number of hydrogen-bond acceptors (Lipinski definition) is 2. The number of nitrogens with one attached hydrogen (secondary N) is 1. The van der Waals surface area contributed by atoms with Gasteiger partial charge in [0.1, 0.15) is 5.75 Å². The maximum Gasteiger partial charge on any atom is 0.223 e. The van der Waals surface area contributed by atoms with Crippen molar-refractivity contribution in [3.63, 3.8) is 0 Å². The van der Waals surface area contributed by atoms with Crippen LogP contribution in [0.25, 0.3) is 0 Å². The first-order chi connectivity index (χ1) is 8.68.